The van der Waals surface area contributed by atoms with Gasteiger partial charge in [-0.3, -0.25) is 0 Å². The van der Waals surface area contributed by atoms with Crippen molar-refractivity contribution in [2.24, 2.45) is 5.92 Å². The van der Waals surface area contributed by atoms with Gasteiger partial charge in [0.25, 0.3) is 0 Å². The average molecular weight is 223 g/mol. The van der Waals surface area contributed by atoms with Gasteiger partial charge in [-0.1, -0.05) is 56.0 Å². The van der Waals surface area contributed by atoms with Crippen molar-refractivity contribution in [1.82, 2.24) is 0 Å². The second-order valence-corrected chi connectivity index (χ2v) is 5.13. The molecule has 0 nitrogen and oxygen atoms in total. The van der Waals surface area contributed by atoms with E-state index in [0.29, 0.717) is 0 Å². The number of benzene rings is 1. The fraction of sp³-hybridized carbons (Fsp3) is 0.571. The number of rotatable bonds is 4. The SMILES string of the molecule is ClC(CCC1CCCC1)c1ccccc1. The third kappa shape index (κ3) is 3.24. The van der Waals surface area contributed by atoms with Gasteiger partial charge in [-0.05, 0) is 24.3 Å². The molecular formula is C14H19Cl. The molecule has 1 unspecified atom stereocenters. The van der Waals surface area contributed by atoms with Gasteiger partial charge in [-0.15, -0.1) is 11.6 Å². The van der Waals surface area contributed by atoms with Gasteiger partial charge in [-0.2, -0.15) is 0 Å². The van der Waals surface area contributed by atoms with Crippen molar-refractivity contribution in [2.75, 3.05) is 0 Å². The van der Waals surface area contributed by atoms with Crippen molar-refractivity contribution >= 4 is 11.6 Å². The highest BCUT2D eigenvalue weighted by Gasteiger charge is 2.16. The zero-order valence-electron chi connectivity index (χ0n) is 9.16. The largest absolute Gasteiger partial charge is 0.118 e. The monoisotopic (exact) mass is 222 g/mol. The number of halogens is 1. The number of hydrogen-bond acceptors (Lipinski definition) is 0. The van der Waals surface area contributed by atoms with E-state index in [4.69, 9.17) is 11.6 Å². The van der Waals surface area contributed by atoms with Crippen molar-refractivity contribution in [3.8, 4) is 0 Å². The lowest BCUT2D eigenvalue weighted by molar-refractivity contribution is 0.480. The molecule has 0 aromatic heterocycles. The Hall–Kier alpha value is -0.490. The van der Waals surface area contributed by atoms with E-state index in [9.17, 15) is 0 Å². The molecule has 2 rings (SSSR count). The minimum absolute atomic E-state index is 0.215. The summed E-state index contributed by atoms with van der Waals surface area (Å²) in [6.07, 6.45) is 8.17. The summed E-state index contributed by atoms with van der Waals surface area (Å²) in [6.45, 7) is 0. The van der Waals surface area contributed by atoms with Gasteiger partial charge in [0.05, 0.1) is 5.38 Å². The van der Waals surface area contributed by atoms with Gasteiger partial charge in [0, 0.05) is 0 Å². The van der Waals surface area contributed by atoms with Gasteiger partial charge >= 0.3 is 0 Å². The lowest BCUT2D eigenvalue weighted by Crippen LogP contribution is -1.97. The Labute approximate surface area is 97.6 Å². The topological polar surface area (TPSA) is 0 Å². The van der Waals surface area contributed by atoms with Crippen molar-refractivity contribution in [3.63, 3.8) is 0 Å². The maximum Gasteiger partial charge on any atom is 0.0585 e. The van der Waals surface area contributed by atoms with Gasteiger partial charge in [0.2, 0.25) is 0 Å². The van der Waals surface area contributed by atoms with E-state index in [-0.39, 0.29) is 5.38 Å². The molecule has 0 N–H and O–H groups in total. The molecule has 1 aliphatic carbocycles. The van der Waals surface area contributed by atoms with Crippen LogP contribution in [0.25, 0.3) is 0 Å². The fourth-order valence-electron chi connectivity index (χ4n) is 2.51. The van der Waals surface area contributed by atoms with Gasteiger partial charge in [0.1, 0.15) is 0 Å². The van der Waals surface area contributed by atoms with Crippen molar-refractivity contribution in [2.45, 2.75) is 43.9 Å². The molecule has 1 aromatic rings. The van der Waals surface area contributed by atoms with E-state index >= 15 is 0 Å². The van der Waals surface area contributed by atoms with Crippen LogP contribution >= 0.6 is 11.6 Å². The number of hydrogen-bond donors (Lipinski definition) is 0. The van der Waals surface area contributed by atoms with Crippen LogP contribution in [0.1, 0.15) is 49.5 Å². The van der Waals surface area contributed by atoms with E-state index in [0.717, 1.165) is 12.3 Å². The molecule has 0 spiro atoms. The second kappa shape index (κ2) is 5.55. The first-order valence-corrected chi connectivity index (χ1v) is 6.49. The Bertz CT molecular complexity index is 275. The summed E-state index contributed by atoms with van der Waals surface area (Å²) in [7, 11) is 0. The summed E-state index contributed by atoms with van der Waals surface area (Å²) in [5.74, 6) is 0.954. The minimum Gasteiger partial charge on any atom is -0.118 e. The first-order valence-electron chi connectivity index (χ1n) is 6.05. The van der Waals surface area contributed by atoms with Crippen molar-refractivity contribution in [3.05, 3.63) is 35.9 Å². The molecule has 15 heavy (non-hydrogen) atoms. The van der Waals surface area contributed by atoms with Gasteiger partial charge in [0.15, 0.2) is 0 Å². The molecule has 0 bridgehead atoms. The summed E-state index contributed by atoms with van der Waals surface area (Å²) >= 11 is 6.38. The molecular weight excluding hydrogens is 204 g/mol. The zero-order valence-corrected chi connectivity index (χ0v) is 9.92. The summed E-state index contributed by atoms with van der Waals surface area (Å²) in [4.78, 5) is 0. The molecule has 0 radical (unpaired) electrons. The van der Waals surface area contributed by atoms with E-state index in [1.165, 1.54) is 37.7 Å². The quantitative estimate of drug-likeness (QED) is 0.634. The summed E-state index contributed by atoms with van der Waals surface area (Å²) < 4.78 is 0. The van der Waals surface area contributed by atoms with E-state index in [2.05, 4.69) is 24.3 Å². The molecule has 1 saturated carbocycles. The molecule has 0 saturated heterocycles. The van der Waals surface area contributed by atoms with Crippen LogP contribution in [0.4, 0.5) is 0 Å². The Morgan fingerprint density at radius 3 is 2.47 bits per heavy atom. The minimum atomic E-state index is 0.215. The van der Waals surface area contributed by atoms with Crippen LogP contribution in [0.15, 0.2) is 30.3 Å². The predicted molar refractivity (Wildman–Crippen MR) is 66.2 cm³/mol. The first kappa shape index (κ1) is 11.0. The Morgan fingerprint density at radius 2 is 1.80 bits per heavy atom. The summed E-state index contributed by atoms with van der Waals surface area (Å²) in [6, 6.07) is 10.4. The van der Waals surface area contributed by atoms with Crippen LogP contribution in [0, 0.1) is 5.92 Å². The normalized spacial score (nSPS) is 19.3. The van der Waals surface area contributed by atoms with Crippen LogP contribution in [-0.2, 0) is 0 Å². The van der Waals surface area contributed by atoms with Gasteiger partial charge in [-0.25, -0.2) is 0 Å². The maximum absolute atomic E-state index is 6.38. The van der Waals surface area contributed by atoms with Crippen molar-refractivity contribution < 1.29 is 0 Å². The highest BCUT2D eigenvalue weighted by Crippen LogP contribution is 2.33. The van der Waals surface area contributed by atoms with Crippen LogP contribution in [-0.4, -0.2) is 0 Å². The Balaban J connectivity index is 1.79. The molecule has 1 heteroatoms. The third-order valence-electron chi connectivity index (χ3n) is 3.46. The molecule has 1 aliphatic rings. The first-order chi connectivity index (χ1) is 7.36. The molecule has 82 valence electrons. The zero-order chi connectivity index (χ0) is 10.5. The fourth-order valence-corrected chi connectivity index (χ4v) is 2.78. The number of alkyl halides is 1. The van der Waals surface area contributed by atoms with E-state index < -0.39 is 0 Å². The molecule has 0 amide bonds. The summed E-state index contributed by atoms with van der Waals surface area (Å²) in [5.41, 5.74) is 1.28. The average Bonchev–Trinajstić information content (AvgIpc) is 2.80. The Kier molecular flexibility index (Phi) is 4.08. The standard InChI is InChI=1S/C14H19Cl/c15-14(13-8-2-1-3-9-13)11-10-12-6-4-5-7-12/h1-3,8-9,12,14H,4-7,10-11H2. The van der Waals surface area contributed by atoms with Gasteiger partial charge < -0.3 is 0 Å². The molecule has 1 atom stereocenters. The van der Waals surface area contributed by atoms with Crippen LogP contribution in [0.3, 0.4) is 0 Å². The van der Waals surface area contributed by atoms with Crippen LogP contribution in [0.2, 0.25) is 0 Å². The van der Waals surface area contributed by atoms with Crippen LogP contribution in [0.5, 0.6) is 0 Å². The smallest absolute Gasteiger partial charge is 0.0585 e. The van der Waals surface area contributed by atoms with Crippen LogP contribution < -0.4 is 0 Å². The summed E-state index contributed by atoms with van der Waals surface area (Å²) in [5, 5.41) is 0.215. The van der Waals surface area contributed by atoms with Crippen molar-refractivity contribution in [1.29, 1.82) is 0 Å². The molecule has 1 fully saturated rings. The lowest BCUT2D eigenvalue weighted by Gasteiger charge is -2.13. The highest BCUT2D eigenvalue weighted by molar-refractivity contribution is 6.20. The maximum atomic E-state index is 6.38. The van der Waals surface area contributed by atoms with E-state index in [1.54, 1.807) is 0 Å². The molecule has 1 aromatic carbocycles. The van der Waals surface area contributed by atoms with E-state index in [1.807, 2.05) is 6.07 Å². The highest BCUT2D eigenvalue weighted by atomic mass is 35.5. The molecule has 0 heterocycles. The third-order valence-corrected chi connectivity index (χ3v) is 3.93. The molecule has 0 aliphatic heterocycles. The second-order valence-electron chi connectivity index (χ2n) is 4.61. The lowest BCUT2D eigenvalue weighted by atomic mass is 9.98. The Morgan fingerprint density at radius 1 is 1.13 bits per heavy atom. The predicted octanol–water partition coefficient (Wildman–Crippen LogP) is 4.94.